The quantitative estimate of drug-likeness (QED) is 0.802. The van der Waals surface area contributed by atoms with Gasteiger partial charge in [0.25, 0.3) is 0 Å². The van der Waals surface area contributed by atoms with Crippen molar-refractivity contribution in [1.29, 1.82) is 5.26 Å². The number of hydrogen-bond donors (Lipinski definition) is 1. The average molecular weight is 239 g/mol. The summed E-state index contributed by atoms with van der Waals surface area (Å²) in [5.41, 5.74) is 0.467. The van der Waals surface area contributed by atoms with Gasteiger partial charge in [-0.1, -0.05) is 25.4 Å². The van der Waals surface area contributed by atoms with E-state index in [-0.39, 0.29) is 0 Å². The van der Waals surface area contributed by atoms with E-state index in [4.69, 9.17) is 21.6 Å². The second-order valence-electron chi connectivity index (χ2n) is 3.71. The van der Waals surface area contributed by atoms with Crippen LogP contribution in [0.3, 0.4) is 0 Å². The first-order valence-electron chi connectivity index (χ1n) is 5.19. The predicted molar refractivity (Wildman–Crippen MR) is 64.8 cm³/mol. The lowest BCUT2D eigenvalue weighted by molar-refractivity contribution is 0.309. The standard InChI is InChI=1S/C12H15ClN2O/c1-9(2)15-5-6-16-11-4-3-10(8-14)12(13)7-11/h3-4,7,9,15H,5-6H2,1-2H3. The topological polar surface area (TPSA) is 45.0 Å². The number of halogens is 1. The van der Waals surface area contributed by atoms with E-state index in [0.29, 0.717) is 29.0 Å². The molecule has 4 heteroatoms. The molecule has 0 saturated carbocycles. The highest BCUT2D eigenvalue weighted by Crippen LogP contribution is 2.21. The van der Waals surface area contributed by atoms with Gasteiger partial charge in [-0.3, -0.25) is 0 Å². The molecule has 16 heavy (non-hydrogen) atoms. The molecule has 0 aliphatic heterocycles. The highest BCUT2D eigenvalue weighted by atomic mass is 35.5. The van der Waals surface area contributed by atoms with Crippen LogP contribution in [0.25, 0.3) is 0 Å². The number of rotatable bonds is 5. The monoisotopic (exact) mass is 238 g/mol. The molecule has 1 aromatic carbocycles. The van der Waals surface area contributed by atoms with Gasteiger partial charge in [0.15, 0.2) is 0 Å². The molecule has 0 aromatic heterocycles. The summed E-state index contributed by atoms with van der Waals surface area (Å²) < 4.78 is 5.48. The summed E-state index contributed by atoms with van der Waals surface area (Å²) in [5.74, 6) is 0.689. The third-order valence-corrected chi connectivity index (χ3v) is 2.30. The van der Waals surface area contributed by atoms with Crippen LogP contribution in [0.4, 0.5) is 0 Å². The van der Waals surface area contributed by atoms with Crippen molar-refractivity contribution in [3.8, 4) is 11.8 Å². The fraction of sp³-hybridized carbons (Fsp3) is 0.417. The van der Waals surface area contributed by atoms with Crippen molar-refractivity contribution in [2.24, 2.45) is 0 Å². The van der Waals surface area contributed by atoms with Crippen LogP contribution in [0.5, 0.6) is 5.75 Å². The molecule has 0 spiro atoms. The number of benzene rings is 1. The Hall–Kier alpha value is -1.24. The lowest BCUT2D eigenvalue weighted by Gasteiger charge is -2.10. The van der Waals surface area contributed by atoms with Crippen LogP contribution in [0, 0.1) is 11.3 Å². The molecule has 0 saturated heterocycles. The van der Waals surface area contributed by atoms with Crippen LogP contribution in [0.15, 0.2) is 18.2 Å². The first-order chi connectivity index (χ1) is 7.63. The predicted octanol–water partition coefficient (Wildman–Crippen LogP) is 2.59. The Labute approximate surface area is 101 Å². The maximum Gasteiger partial charge on any atom is 0.120 e. The zero-order chi connectivity index (χ0) is 12.0. The van der Waals surface area contributed by atoms with Crippen LogP contribution in [0.1, 0.15) is 19.4 Å². The molecule has 3 nitrogen and oxygen atoms in total. The van der Waals surface area contributed by atoms with Gasteiger partial charge >= 0.3 is 0 Å². The molecule has 0 fully saturated rings. The van der Waals surface area contributed by atoms with Gasteiger partial charge in [0, 0.05) is 18.7 Å². The van der Waals surface area contributed by atoms with E-state index >= 15 is 0 Å². The van der Waals surface area contributed by atoms with Gasteiger partial charge < -0.3 is 10.1 Å². The van der Waals surface area contributed by atoms with Gasteiger partial charge in [0.05, 0.1) is 10.6 Å². The van der Waals surface area contributed by atoms with Crippen LogP contribution >= 0.6 is 11.6 Å². The summed E-state index contributed by atoms with van der Waals surface area (Å²) in [7, 11) is 0. The maximum atomic E-state index is 8.70. The minimum atomic E-state index is 0.428. The Morgan fingerprint density at radius 2 is 2.25 bits per heavy atom. The Balaban J connectivity index is 2.44. The average Bonchev–Trinajstić information content (AvgIpc) is 2.24. The SMILES string of the molecule is CC(C)NCCOc1ccc(C#N)c(Cl)c1. The number of nitrogens with zero attached hydrogens (tertiary/aromatic N) is 1. The van der Waals surface area contributed by atoms with E-state index in [1.807, 2.05) is 6.07 Å². The molecule has 1 aromatic rings. The van der Waals surface area contributed by atoms with Crippen LogP contribution in [-0.2, 0) is 0 Å². The Morgan fingerprint density at radius 3 is 2.81 bits per heavy atom. The van der Waals surface area contributed by atoms with Crippen LogP contribution in [-0.4, -0.2) is 19.2 Å². The fourth-order valence-corrected chi connectivity index (χ4v) is 1.41. The second kappa shape index (κ2) is 6.37. The largest absolute Gasteiger partial charge is 0.492 e. The Bertz CT molecular complexity index is 385. The second-order valence-corrected chi connectivity index (χ2v) is 4.12. The lowest BCUT2D eigenvalue weighted by atomic mass is 10.2. The summed E-state index contributed by atoms with van der Waals surface area (Å²) in [5, 5.41) is 12.4. The van der Waals surface area contributed by atoms with E-state index in [1.54, 1.807) is 18.2 Å². The van der Waals surface area contributed by atoms with E-state index in [1.165, 1.54) is 0 Å². The zero-order valence-corrected chi connectivity index (χ0v) is 10.2. The van der Waals surface area contributed by atoms with E-state index in [2.05, 4.69) is 19.2 Å². The Morgan fingerprint density at radius 1 is 1.50 bits per heavy atom. The minimum Gasteiger partial charge on any atom is -0.492 e. The highest BCUT2D eigenvalue weighted by molar-refractivity contribution is 6.31. The molecule has 0 bridgehead atoms. The molecule has 0 aliphatic carbocycles. The normalized spacial score (nSPS) is 10.2. The van der Waals surface area contributed by atoms with E-state index in [0.717, 1.165) is 6.54 Å². The molecular formula is C12H15ClN2O. The van der Waals surface area contributed by atoms with Gasteiger partial charge in [-0.15, -0.1) is 0 Å². The molecule has 0 amide bonds. The third-order valence-electron chi connectivity index (χ3n) is 1.98. The lowest BCUT2D eigenvalue weighted by Crippen LogP contribution is -2.27. The van der Waals surface area contributed by atoms with Gasteiger partial charge in [0.1, 0.15) is 18.4 Å². The molecule has 0 radical (unpaired) electrons. The summed E-state index contributed by atoms with van der Waals surface area (Å²) in [6.45, 7) is 5.53. The summed E-state index contributed by atoms with van der Waals surface area (Å²) >= 11 is 5.87. The molecule has 0 unspecified atom stereocenters. The highest BCUT2D eigenvalue weighted by Gasteiger charge is 2.01. The van der Waals surface area contributed by atoms with E-state index < -0.39 is 0 Å². The maximum absolute atomic E-state index is 8.70. The third kappa shape index (κ3) is 4.09. The number of nitriles is 1. The van der Waals surface area contributed by atoms with Crippen molar-refractivity contribution in [2.75, 3.05) is 13.2 Å². The van der Waals surface area contributed by atoms with Crippen molar-refractivity contribution in [2.45, 2.75) is 19.9 Å². The molecule has 0 heterocycles. The van der Waals surface area contributed by atoms with Crippen molar-refractivity contribution in [1.82, 2.24) is 5.32 Å². The van der Waals surface area contributed by atoms with Crippen LogP contribution in [0.2, 0.25) is 5.02 Å². The fourth-order valence-electron chi connectivity index (χ4n) is 1.19. The summed E-state index contributed by atoms with van der Waals surface area (Å²) in [6.07, 6.45) is 0. The first kappa shape index (κ1) is 12.8. The molecule has 0 atom stereocenters. The smallest absolute Gasteiger partial charge is 0.120 e. The zero-order valence-electron chi connectivity index (χ0n) is 9.46. The van der Waals surface area contributed by atoms with Gasteiger partial charge in [0.2, 0.25) is 0 Å². The van der Waals surface area contributed by atoms with Gasteiger partial charge in [-0.25, -0.2) is 0 Å². The number of nitrogens with one attached hydrogen (secondary N) is 1. The van der Waals surface area contributed by atoms with Crippen molar-refractivity contribution >= 4 is 11.6 Å². The Kier molecular flexibility index (Phi) is 5.10. The van der Waals surface area contributed by atoms with Gasteiger partial charge in [-0.2, -0.15) is 5.26 Å². The molecule has 1 N–H and O–H groups in total. The van der Waals surface area contributed by atoms with Gasteiger partial charge in [-0.05, 0) is 12.1 Å². The molecular weight excluding hydrogens is 224 g/mol. The minimum absolute atomic E-state index is 0.428. The molecule has 0 aliphatic rings. The van der Waals surface area contributed by atoms with Crippen molar-refractivity contribution in [3.05, 3.63) is 28.8 Å². The number of hydrogen-bond acceptors (Lipinski definition) is 3. The summed E-state index contributed by atoms with van der Waals surface area (Å²) in [6, 6.07) is 7.53. The van der Waals surface area contributed by atoms with Crippen LogP contribution < -0.4 is 10.1 Å². The first-order valence-corrected chi connectivity index (χ1v) is 5.57. The van der Waals surface area contributed by atoms with Crippen molar-refractivity contribution < 1.29 is 4.74 Å². The van der Waals surface area contributed by atoms with Crippen molar-refractivity contribution in [3.63, 3.8) is 0 Å². The number of ether oxygens (including phenoxy) is 1. The van der Waals surface area contributed by atoms with E-state index in [9.17, 15) is 0 Å². The molecule has 86 valence electrons. The molecule has 1 rings (SSSR count). The summed E-state index contributed by atoms with van der Waals surface area (Å²) in [4.78, 5) is 0.